The first-order valence-electron chi connectivity index (χ1n) is 5.97. The number of hydrogen-bond acceptors (Lipinski definition) is 1. The van der Waals surface area contributed by atoms with Gasteiger partial charge in [0.15, 0.2) is 0 Å². The topological polar surface area (TPSA) is 17.0 Å². The van der Waals surface area contributed by atoms with Crippen molar-refractivity contribution in [1.82, 2.24) is 9.88 Å². The van der Waals surface area contributed by atoms with E-state index in [9.17, 15) is 0 Å². The summed E-state index contributed by atoms with van der Waals surface area (Å²) in [4.78, 5) is 0. The largest absolute Gasteiger partial charge is 0.346 e. The molecule has 2 nitrogen and oxygen atoms in total. The number of para-hydroxylation sites is 1. The van der Waals surface area contributed by atoms with E-state index in [2.05, 4.69) is 49.0 Å². The van der Waals surface area contributed by atoms with Crippen molar-refractivity contribution >= 4 is 10.9 Å². The molecule has 1 aromatic heterocycles. The van der Waals surface area contributed by atoms with Gasteiger partial charge in [0, 0.05) is 31.2 Å². The highest BCUT2D eigenvalue weighted by Crippen LogP contribution is 2.34. The predicted octanol–water partition coefficient (Wildman–Crippen LogP) is 2.69. The second kappa shape index (κ2) is 3.36. The summed E-state index contributed by atoms with van der Waals surface area (Å²) in [5.41, 5.74) is 5.80. The van der Waals surface area contributed by atoms with Gasteiger partial charge in [-0.1, -0.05) is 25.1 Å². The molecule has 1 atom stereocenters. The lowest BCUT2D eigenvalue weighted by Crippen LogP contribution is -2.27. The number of nitrogens with one attached hydrogen (secondary N) is 1. The number of nitrogens with zero attached hydrogens (tertiary/aromatic N) is 1. The molecule has 1 N–H and O–H groups in total. The summed E-state index contributed by atoms with van der Waals surface area (Å²) in [5.74, 6) is 0.620. The van der Waals surface area contributed by atoms with Crippen LogP contribution in [0.25, 0.3) is 10.9 Å². The number of fused-ring (bicyclic) bond motifs is 3. The fourth-order valence-electron chi connectivity index (χ4n) is 3.07. The average Bonchev–Trinajstić information content (AvgIpc) is 2.56. The molecule has 0 bridgehead atoms. The Morgan fingerprint density at radius 3 is 3.00 bits per heavy atom. The predicted molar refractivity (Wildman–Crippen MR) is 67.8 cm³/mol. The maximum atomic E-state index is 3.49. The molecule has 3 rings (SSSR count). The minimum atomic E-state index is 0.620. The molecule has 2 heteroatoms. The Kier molecular flexibility index (Phi) is 2.08. The van der Waals surface area contributed by atoms with E-state index in [0.717, 1.165) is 13.1 Å². The molecule has 0 amide bonds. The van der Waals surface area contributed by atoms with Gasteiger partial charge >= 0.3 is 0 Å². The summed E-state index contributed by atoms with van der Waals surface area (Å²) in [6.45, 7) is 6.61. The minimum absolute atomic E-state index is 0.620. The lowest BCUT2D eigenvalue weighted by molar-refractivity contribution is 0.553. The van der Waals surface area contributed by atoms with Gasteiger partial charge in [-0.3, -0.25) is 0 Å². The minimum Gasteiger partial charge on any atom is -0.346 e. The van der Waals surface area contributed by atoms with Crippen LogP contribution < -0.4 is 5.32 Å². The molecule has 84 valence electrons. The van der Waals surface area contributed by atoms with Crippen LogP contribution in [0.4, 0.5) is 0 Å². The van der Waals surface area contributed by atoms with E-state index in [1.807, 2.05) is 0 Å². The second-order valence-electron chi connectivity index (χ2n) is 4.92. The van der Waals surface area contributed by atoms with E-state index in [1.165, 1.54) is 22.2 Å². The van der Waals surface area contributed by atoms with Gasteiger partial charge in [0.05, 0.1) is 5.52 Å². The van der Waals surface area contributed by atoms with Crippen molar-refractivity contribution in [2.24, 2.45) is 7.05 Å². The quantitative estimate of drug-likeness (QED) is 0.713. The van der Waals surface area contributed by atoms with Crippen LogP contribution in [-0.4, -0.2) is 11.1 Å². The Labute approximate surface area is 96.3 Å². The highest BCUT2D eigenvalue weighted by molar-refractivity contribution is 5.88. The molecule has 2 aromatic rings. The first-order chi connectivity index (χ1) is 7.70. The van der Waals surface area contributed by atoms with Gasteiger partial charge in [-0.05, 0) is 24.0 Å². The monoisotopic (exact) mass is 214 g/mol. The fourth-order valence-corrected chi connectivity index (χ4v) is 3.07. The molecular weight excluding hydrogens is 196 g/mol. The Morgan fingerprint density at radius 1 is 1.38 bits per heavy atom. The van der Waals surface area contributed by atoms with Crippen molar-refractivity contribution in [2.45, 2.75) is 26.3 Å². The van der Waals surface area contributed by atoms with E-state index < -0.39 is 0 Å². The summed E-state index contributed by atoms with van der Waals surface area (Å²) < 4.78 is 2.36. The molecule has 2 heterocycles. The average molecular weight is 214 g/mol. The first-order valence-corrected chi connectivity index (χ1v) is 5.97. The van der Waals surface area contributed by atoms with Crippen LogP contribution in [0.2, 0.25) is 0 Å². The molecular formula is C14H18N2. The van der Waals surface area contributed by atoms with Gasteiger partial charge < -0.3 is 9.88 Å². The third kappa shape index (κ3) is 1.17. The third-order valence-electron chi connectivity index (χ3n) is 3.81. The first kappa shape index (κ1) is 9.91. The zero-order valence-electron chi connectivity index (χ0n) is 10.2. The Bertz CT molecular complexity index is 551. The molecule has 1 unspecified atom stereocenters. The molecule has 1 aromatic carbocycles. The summed E-state index contributed by atoms with van der Waals surface area (Å²) in [7, 11) is 2.19. The number of hydrogen-bond donors (Lipinski definition) is 1. The molecule has 16 heavy (non-hydrogen) atoms. The zero-order valence-corrected chi connectivity index (χ0v) is 10.2. The highest BCUT2D eigenvalue weighted by atomic mass is 15.0. The summed E-state index contributed by atoms with van der Waals surface area (Å²) in [6.07, 6.45) is 0. The summed E-state index contributed by atoms with van der Waals surface area (Å²) in [6, 6.07) is 6.64. The van der Waals surface area contributed by atoms with Crippen molar-refractivity contribution < 1.29 is 0 Å². The van der Waals surface area contributed by atoms with E-state index in [0.29, 0.717) is 5.92 Å². The summed E-state index contributed by atoms with van der Waals surface area (Å²) >= 11 is 0. The van der Waals surface area contributed by atoms with Gasteiger partial charge in [-0.25, -0.2) is 0 Å². The Balaban J connectivity index is 2.44. The third-order valence-corrected chi connectivity index (χ3v) is 3.81. The fraction of sp³-hybridized carbons (Fsp3) is 0.429. The van der Waals surface area contributed by atoms with Crippen molar-refractivity contribution in [3.8, 4) is 0 Å². The van der Waals surface area contributed by atoms with Crippen molar-refractivity contribution in [1.29, 1.82) is 0 Å². The van der Waals surface area contributed by atoms with Gasteiger partial charge in [0.2, 0.25) is 0 Å². The molecule has 0 saturated carbocycles. The standard InChI is InChI=1S/C14H18N2/c1-9-5-4-6-11-13-10(2)7-15-8-12(13)16(3)14(9)11/h4-6,10,15H,7-8H2,1-3H3. The molecule has 0 saturated heterocycles. The molecule has 0 spiro atoms. The van der Waals surface area contributed by atoms with Gasteiger partial charge in [0.25, 0.3) is 0 Å². The normalized spacial score (nSPS) is 20.1. The molecule has 0 aliphatic carbocycles. The van der Waals surface area contributed by atoms with Crippen molar-refractivity contribution in [3.63, 3.8) is 0 Å². The van der Waals surface area contributed by atoms with Gasteiger partial charge in [-0.15, -0.1) is 0 Å². The van der Waals surface area contributed by atoms with Gasteiger partial charge in [-0.2, -0.15) is 0 Å². The van der Waals surface area contributed by atoms with Crippen LogP contribution in [0, 0.1) is 6.92 Å². The van der Waals surface area contributed by atoms with Crippen LogP contribution in [-0.2, 0) is 13.6 Å². The van der Waals surface area contributed by atoms with Crippen LogP contribution >= 0.6 is 0 Å². The maximum absolute atomic E-state index is 3.49. The van der Waals surface area contributed by atoms with Gasteiger partial charge in [0.1, 0.15) is 0 Å². The highest BCUT2D eigenvalue weighted by Gasteiger charge is 2.23. The van der Waals surface area contributed by atoms with E-state index in [-0.39, 0.29) is 0 Å². The zero-order chi connectivity index (χ0) is 11.3. The van der Waals surface area contributed by atoms with Crippen LogP contribution in [0.1, 0.15) is 29.7 Å². The lowest BCUT2D eigenvalue weighted by Gasteiger charge is -2.21. The van der Waals surface area contributed by atoms with Crippen LogP contribution in [0.3, 0.4) is 0 Å². The van der Waals surface area contributed by atoms with Crippen LogP contribution in [0.5, 0.6) is 0 Å². The van der Waals surface area contributed by atoms with E-state index in [1.54, 1.807) is 5.56 Å². The van der Waals surface area contributed by atoms with Crippen molar-refractivity contribution in [3.05, 3.63) is 35.0 Å². The van der Waals surface area contributed by atoms with E-state index >= 15 is 0 Å². The number of rotatable bonds is 0. The molecule has 1 aliphatic heterocycles. The van der Waals surface area contributed by atoms with E-state index in [4.69, 9.17) is 0 Å². The lowest BCUT2D eigenvalue weighted by atomic mass is 9.94. The van der Waals surface area contributed by atoms with Crippen LogP contribution in [0.15, 0.2) is 18.2 Å². The Hall–Kier alpha value is -1.28. The molecule has 0 radical (unpaired) electrons. The maximum Gasteiger partial charge on any atom is 0.0513 e. The second-order valence-corrected chi connectivity index (χ2v) is 4.92. The number of aromatic nitrogens is 1. The number of benzene rings is 1. The molecule has 0 fully saturated rings. The SMILES string of the molecule is Cc1cccc2c3c(n(C)c12)CNCC3C. The Morgan fingerprint density at radius 2 is 2.19 bits per heavy atom. The number of aryl methyl sites for hydroxylation is 2. The smallest absolute Gasteiger partial charge is 0.0513 e. The molecule has 1 aliphatic rings. The van der Waals surface area contributed by atoms with Crippen molar-refractivity contribution in [2.75, 3.05) is 6.54 Å². The summed E-state index contributed by atoms with van der Waals surface area (Å²) in [5, 5.41) is 4.94.